The first-order valence-corrected chi connectivity index (χ1v) is 5.25. The van der Waals surface area contributed by atoms with Gasteiger partial charge in [0.15, 0.2) is 0 Å². The molecule has 15 heavy (non-hydrogen) atoms. The number of hydrogen-bond donors (Lipinski definition) is 2. The fraction of sp³-hybridized carbons (Fsp3) is 0.417. The smallest absolute Gasteiger partial charge is 0.224 e. The molecule has 0 spiro atoms. The molecule has 0 aliphatic carbocycles. The highest BCUT2D eigenvalue weighted by Crippen LogP contribution is 2.07. The molecule has 0 atom stereocenters. The van der Waals surface area contributed by atoms with Crippen molar-refractivity contribution in [2.75, 3.05) is 13.1 Å². The molecule has 3 heteroatoms. The normalized spacial score (nSPS) is 10.0. The van der Waals surface area contributed by atoms with Crippen molar-refractivity contribution in [1.29, 1.82) is 0 Å². The van der Waals surface area contributed by atoms with Gasteiger partial charge in [-0.1, -0.05) is 24.3 Å². The molecule has 1 aromatic carbocycles. The summed E-state index contributed by atoms with van der Waals surface area (Å²) < 4.78 is 0. The van der Waals surface area contributed by atoms with Gasteiger partial charge in [0, 0.05) is 6.54 Å². The number of nitrogens with one attached hydrogen (secondary N) is 1. The molecule has 82 valence electrons. The van der Waals surface area contributed by atoms with Gasteiger partial charge in [0.25, 0.3) is 0 Å². The summed E-state index contributed by atoms with van der Waals surface area (Å²) in [6.45, 7) is 3.30. The van der Waals surface area contributed by atoms with Crippen molar-refractivity contribution < 1.29 is 4.79 Å². The summed E-state index contributed by atoms with van der Waals surface area (Å²) in [5, 5.41) is 2.84. The molecule has 1 amide bonds. The Labute approximate surface area is 90.7 Å². The van der Waals surface area contributed by atoms with Crippen LogP contribution < -0.4 is 11.1 Å². The SMILES string of the molecule is Cc1ccccc1CC(=O)NCCCN. The number of carbonyl (C=O) groups is 1. The molecule has 0 saturated heterocycles. The van der Waals surface area contributed by atoms with E-state index in [1.807, 2.05) is 31.2 Å². The van der Waals surface area contributed by atoms with Crippen LogP contribution in [-0.2, 0) is 11.2 Å². The molecule has 0 saturated carbocycles. The minimum atomic E-state index is 0.0674. The van der Waals surface area contributed by atoms with E-state index in [1.165, 1.54) is 0 Å². The topological polar surface area (TPSA) is 55.1 Å². The van der Waals surface area contributed by atoms with E-state index in [9.17, 15) is 4.79 Å². The average Bonchev–Trinajstić information content (AvgIpc) is 2.22. The summed E-state index contributed by atoms with van der Waals surface area (Å²) in [5.74, 6) is 0.0674. The zero-order valence-electron chi connectivity index (χ0n) is 9.12. The third-order valence-corrected chi connectivity index (χ3v) is 2.32. The summed E-state index contributed by atoms with van der Waals surface area (Å²) >= 11 is 0. The van der Waals surface area contributed by atoms with Crippen LogP contribution in [0.15, 0.2) is 24.3 Å². The van der Waals surface area contributed by atoms with Gasteiger partial charge in [-0.15, -0.1) is 0 Å². The first-order chi connectivity index (χ1) is 7.24. The molecule has 0 fully saturated rings. The van der Waals surface area contributed by atoms with Crippen LogP contribution in [0.25, 0.3) is 0 Å². The van der Waals surface area contributed by atoms with Crippen molar-refractivity contribution in [3.63, 3.8) is 0 Å². The molecule has 0 aliphatic rings. The number of amides is 1. The van der Waals surface area contributed by atoms with Crippen LogP contribution in [0.4, 0.5) is 0 Å². The largest absolute Gasteiger partial charge is 0.356 e. The van der Waals surface area contributed by atoms with E-state index in [1.54, 1.807) is 0 Å². The predicted octanol–water partition coefficient (Wildman–Crippen LogP) is 1.00. The van der Waals surface area contributed by atoms with Gasteiger partial charge in [0.1, 0.15) is 0 Å². The zero-order valence-corrected chi connectivity index (χ0v) is 9.12. The van der Waals surface area contributed by atoms with Crippen molar-refractivity contribution in [2.24, 2.45) is 5.73 Å². The van der Waals surface area contributed by atoms with Crippen molar-refractivity contribution in [2.45, 2.75) is 19.8 Å². The maximum absolute atomic E-state index is 11.5. The van der Waals surface area contributed by atoms with Gasteiger partial charge in [0.05, 0.1) is 6.42 Å². The lowest BCUT2D eigenvalue weighted by atomic mass is 10.1. The van der Waals surface area contributed by atoms with Gasteiger partial charge < -0.3 is 11.1 Å². The van der Waals surface area contributed by atoms with Crippen molar-refractivity contribution in [1.82, 2.24) is 5.32 Å². The Kier molecular flexibility index (Phi) is 4.84. The third-order valence-electron chi connectivity index (χ3n) is 2.32. The fourth-order valence-electron chi connectivity index (χ4n) is 1.37. The van der Waals surface area contributed by atoms with Crippen molar-refractivity contribution >= 4 is 5.91 Å². The first kappa shape index (κ1) is 11.7. The van der Waals surface area contributed by atoms with Gasteiger partial charge >= 0.3 is 0 Å². The third kappa shape index (κ3) is 4.13. The van der Waals surface area contributed by atoms with E-state index in [2.05, 4.69) is 5.32 Å². The van der Waals surface area contributed by atoms with Crippen LogP contribution in [0.3, 0.4) is 0 Å². The summed E-state index contributed by atoms with van der Waals surface area (Å²) in [7, 11) is 0. The quantitative estimate of drug-likeness (QED) is 0.706. The Hall–Kier alpha value is -1.35. The minimum Gasteiger partial charge on any atom is -0.356 e. The van der Waals surface area contributed by atoms with E-state index >= 15 is 0 Å². The predicted molar refractivity (Wildman–Crippen MR) is 61.6 cm³/mol. The molecule has 0 radical (unpaired) electrons. The molecule has 0 heterocycles. The molecule has 0 bridgehead atoms. The maximum Gasteiger partial charge on any atom is 0.224 e. The second kappa shape index (κ2) is 6.19. The maximum atomic E-state index is 11.5. The number of aryl methyl sites for hydroxylation is 1. The van der Waals surface area contributed by atoms with E-state index in [4.69, 9.17) is 5.73 Å². The molecule has 1 rings (SSSR count). The summed E-state index contributed by atoms with van der Waals surface area (Å²) in [5.41, 5.74) is 7.58. The molecule has 3 nitrogen and oxygen atoms in total. The Bertz CT molecular complexity index is 323. The summed E-state index contributed by atoms with van der Waals surface area (Å²) in [4.78, 5) is 11.5. The highest BCUT2D eigenvalue weighted by molar-refractivity contribution is 5.78. The van der Waals surface area contributed by atoms with Gasteiger partial charge in [-0.3, -0.25) is 4.79 Å². The Morgan fingerprint density at radius 1 is 1.40 bits per heavy atom. The molecule has 0 aromatic heterocycles. The molecule has 1 aromatic rings. The summed E-state index contributed by atoms with van der Waals surface area (Å²) in [6, 6.07) is 7.93. The lowest BCUT2D eigenvalue weighted by Gasteiger charge is -2.06. The van der Waals surface area contributed by atoms with Gasteiger partial charge in [-0.05, 0) is 31.0 Å². The second-order valence-electron chi connectivity index (χ2n) is 3.60. The average molecular weight is 206 g/mol. The lowest BCUT2D eigenvalue weighted by molar-refractivity contribution is -0.120. The lowest BCUT2D eigenvalue weighted by Crippen LogP contribution is -2.27. The highest BCUT2D eigenvalue weighted by atomic mass is 16.1. The van der Waals surface area contributed by atoms with Crippen LogP contribution in [0, 0.1) is 6.92 Å². The first-order valence-electron chi connectivity index (χ1n) is 5.25. The van der Waals surface area contributed by atoms with E-state index in [0.717, 1.165) is 17.5 Å². The van der Waals surface area contributed by atoms with Gasteiger partial charge in [0.2, 0.25) is 5.91 Å². The van der Waals surface area contributed by atoms with E-state index < -0.39 is 0 Å². The van der Waals surface area contributed by atoms with Gasteiger partial charge in [-0.25, -0.2) is 0 Å². The van der Waals surface area contributed by atoms with E-state index in [-0.39, 0.29) is 5.91 Å². The van der Waals surface area contributed by atoms with Gasteiger partial charge in [-0.2, -0.15) is 0 Å². The number of nitrogens with two attached hydrogens (primary N) is 1. The highest BCUT2D eigenvalue weighted by Gasteiger charge is 2.03. The van der Waals surface area contributed by atoms with Crippen molar-refractivity contribution in [3.8, 4) is 0 Å². The Morgan fingerprint density at radius 3 is 2.80 bits per heavy atom. The number of hydrogen-bond acceptors (Lipinski definition) is 2. The Balaban J connectivity index is 2.41. The van der Waals surface area contributed by atoms with Crippen LogP contribution in [0.2, 0.25) is 0 Å². The molecular formula is C12H18N2O. The van der Waals surface area contributed by atoms with Crippen LogP contribution >= 0.6 is 0 Å². The number of benzene rings is 1. The molecule has 0 aliphatic heterocycles. The molecular weight excluding hydrogens is 188 g/mol. The standard InChI is InChI=1S/C12H18N2O/c1-10-5-2-3-6-11(10)9-12(15)14-8-4-7-13/h2-3,5-6H,4,7-9,13H2,1H3,(H,14,15). The van der Waals surface area contributed by atoms with E-state index in [0.29, 0.717) is 19.5 Å². The van der Waals surface area contributed by atoms with Crippen LogP contribution in [-0.4, -0.2) is 19.0 Å². The number of carbonyl (C=O) groups excluding carboxylic acids is 1. The monoisotopic (exact) mass is 206 g/mol. The molecule has 3 N–H and O–H groups in total. The van der Waals surface area contributed by atoms with Crippen molar-refractivity contribution in [3.05, 3.63) is 35.4 Å². The summed E-state index contributed by atoms with van der Waals surface area (Å²) in [6.07, 6.45) is 1.29. The second-order valence-corrected chi connectivity index (χ2v) is 3.60. The Morgan fingerprint density at radius 2 is 2.13 bits per heavy atom. The van der Waals surface area contributed by atoms with Crippen LogP contribution in [0.5, 0.6) is 0 Å². The molecule has 0 unspecified atom stereocenters. The number of rotatable bonds is 5. The zero-order chi connectivity index (χ0) is 11.1. The fourth-order valence-corrected chi connectivity index (χ4v) is 1.37. The van der Waals surface area contributed by atoms with Crippen LogP contribution in [0.1, 0.15) is 17.5 Å². The minimum absolute atomic E-state index is 0.0674.